The molecule has 20 heavy (non-hydrogen) atoms. The number of hydrogen-bond acceptors (Lipinski definition) is 2. The Morgan fingerprint density at radius 2 is 1.80 bits per heavy atom. The molecule has 0 atom stereocenters. The lowest BCUT2D eigenvalue weighted by molar-refractivity contribution is 1.08. The molecule has 3 aromatic rings. The summed E-state index contributed by atoms with van der Waals surface area (Å²) in [5.41, 5.74) is 13.8. The maximum absolute atomic E-state index is 5.79. The van der Waals surface area contributed by atoms with Crippen molar-refractivity contribution in [3.8, 4) is 11.4 Å². The van der Waals surface area contributed by atoms with E-state index < -0.39 is 0 Å². The fourth-order valence-corrected chi connectivity index (χ4v) is 2.93. The van der Waals surface area contributed by atoms with Crippen LogP contribution >= 0.6 is 0 Å². The number of H-pyrrole nitrogens is 1. The molecule has 1 heterocycles. The van der Waals surface area contributed by atoms with Gasteiger partial charge in [0.15, 0.2) is 0 Å². The minimum atomic E-state index is 0.507. The summed E-state index contributed by atoms with van der Waals surface area (Å²) >= 11 is 0. The van der Waals surface area contributed by atoms with Gasteiger partial charge >= 0.3 is 0 Å². The molecule has 102 valence electrons. The quantitative estimate of drug-likeness (QED) is 0.743. The fourth-order valence-electron chi connectivity index (χ4n) is 2.93. The second kappa shape index (κ2) is 4.76. The summed E-state index contributed by atoms with van der Waals surface area (Å²) in [7, 11) is 0. The molecule has 3 rings (SSSR count). The normalized spacial score (nSPS) is 11.2. The topological polar surface area (TPSA) is 54.7 Å². The van der Waals surface area contributed by atoms with Gasteiger partial charge in [0.1, 0.15) is 5.82 Å². The van der Waals surface area contributed by atoms with E-state index in [2.05, 4.69) is 37.9 Å². The Morgan fingerprint density at radius 1 is 1.10 bits per heavy atom. The van der Waals surface area contributed by atoms with Crippen molar-refractivity contribution in [2.24, 2.45) is 5.73 Å². The van der Waals surface area contributed by atoms with E-state index in [0.29, 0.717) is 6.54 Å². The molecular formula is C17H19N3. The van der Waals surface area contributed by atoms with Crippen LogP contribution in [0.4, 0.5) is 0 Å². The molecule has 3 nitrogen and oxygen atoms in total. The number of aromatic amines is 1. The summed E-state index contributed by atoms with van der Waals surface area (Å²) in [6, 6.07) is 10.5. The molecule has 3 heteroatoms. The first-order valence-corrected chi connectivity index (χ1v) is 6.86. The molecule has 0 spiro atoms. The van der Waals surface area contributed by atoms with Gasteiger partial charge in [-0.25, -0.2) is 4.98 Å². The van der Waals surface area contributed by atoms with Crippen LogP contribution in [0.25, 0.3) is 22.4 Å². The number of benzene rings is 2. The number of rotatable bonds is 2. The van der Waals surface area contributed by atoms with Crippen LogP contribution in [0.15, 0.2) is 30.3 Å². The molecule has 0 saturated heterocycles. The molecule has 2 aromatic carbocycles. The number of nitrogens with one attached hydrogen (secondary N) is 1. The summed E-state index contributed by atoms with van der Waals surface area (Å²) in [5, 5.41) is 0. The predicted octanol–water partition coefficient (Wildman–Crippen LogP) is 3.61. The van der Waals surface area contributed by atoms with Gasteiger partial charge < -0.3 is 10.7 Å². The van der Waals surface area contributed by atoms with Crippen LogP contribution in [0.2, 0.25) is 0 Å². The molecule has 0 radical (unpaired) electrons. The van der Waals surface area contributed by atoms with Crippen LogP contribution in [0.3, 0.4) is 0 Å². The number of para-hydroxylation sites is 1. The van der Waals surface area contributed by atoms with E-state index in [1.54, 1.807) is 0 Å². The van der Waals surface area contributed by atoms with Crippen molar-refractivity contribution < 1.29 is 0 Å². The molecule has 0 saturated carbocycles. The van der Waals surface area contributed by atoms with E-state index in [4.69, 9.17) is 10.7 Å². The van der Waals surface area contributed by atoms with E-state index in [9.17, 15) is 0 Å². The van der Waals surface area contributed by atoms with Gasteiger partial charge in [-0.1, -0.05) is 29.8 Å². The molecular weight excluding hydrogens is 246 g/mol. The van der Waals surface area contributed by atoms with Gasteiger partial charge in [0.05, 0.1) is 11.0 Å². The molecule has 1 aromatic heterocycles. The summed E-state index contributed by atoms with van der Waals surface area (Å²) < 4.78 is 0. The van der Waals surface area contributed by atoms with Crippen molar-refractivity contribution in [1.29, 1.82) is 0 Å². The Kier molecular flexibility index (Phi) is 3.07. The molecule has 0 amide bonds. The number of nitrogens with two attached hydrogens (primary N) is 1. The summed E-state index contributed by atoms with van der Waals surface area (Å²) in [6.07, 6.45) is 0. The highest BCUT2D eigenvalue weighted by atomic mass is 14.9. The Bertz CT molecular complexity index is 761. The van der Waals surface area contributed by atoms with Gasteiger partial charge in [0, 0.05) is 12.1 Å². The number of imidazole rings is 1. The predicted molar refractivity (Wildman–Crippen MR) is 83.6 cm³/mol. The van der Waals surface area contributed by atoms with Gasteiger partial charge in [-0.2, -0.15) is 0 Å². The van der Waals surface area contributed by atoms with Crippen LogP contribution in [-0.4, -0.2) is 9.97 Å². The molecule has 0 aliphatic heterocycles. The van der Waals surface area contributed by atoms with E-state index >= 15 is 0 Å². The Labute approximate surface area is 118 Å². The zero-order valence-corrected chi connectivity index (χ0v) is 12.1. The molecule has 0 bridgehead atoms. The minimum absolute atomic E-state index is 0.507. The molecule has 0 fully saturated rings. The lowest BCUT2D eigenvalue weighted by Gasteiger charge is -2.08. The average molecular weight is 265 g/mol. The zero-order valence-electron chi connectivity index (χ0n) is 12.1. The molecule has 3 N–H and O–H groups in total. The van der Waals surface area contributed by atoms with Crippen molar-refractivity contribution >= 4 is 11.0 Å². The minimum Gasteiger partial charge on any atom is -0.338 e. The summed E-state index contributed by atoms with van der Waals surface area (Å²) in [6.45, 7) is 6.89. The Hall–Kier alpha value is -2.13. The summed E-state index contributed by atoms with van der Waals surface area (Å²) in [5.74, 6) is 0.927. The second-order valence-corrected chi connectivity index (χ2v) is 5.38. The first-order valence-electron chi connectivity index (χ1n) is 6.86. The van der Waals surface area contributed by atoms with Crippen molar-refractivity contribution in [2.75, 3.05) is 0 Å². The van der Waals surface area contributed by atoms with E-state index in [1.807, 2.05) is 18.2 Å². The van der Waals surface area contributed by atoms with E-state index in [1.165, 1.54) is 22.3 Å². The third-order valence-electron chi connectivity index (χ3n) is 3.73. The highest BCUT2D eigenvalue weighted by Gasteiger charge is 2.12. The average Bonchev–Trinajstić information content (AvgIpc) is 2.80. The van der Waals surface area contributed by atoms with Crippen molar-refractivity contribution in [3.63, 3.8) is 0 Å². The fraction of sp³-hybridized carbons (Fsp3) is 0.235. The number of fused-ring (bicyclic) bond motifs is 1. The highest BCUT2D eigenvalue weighted by Crippen LogP contribution is 2.28. The Balaban J connectivity index is 2.26. The monoisotopic (exact) mass is 265 g/mol. The van der Waals surface area contributed by atoms with Gasteiger partial charge in [-0.3, -0.25) is 0 Å². The Morgan fingerprint density at radius 3 is 2.45 bits per heavy atom. The first kappa shape index (κ1) is 12.9. The van der Waals surface area contributed by atoms with Crippen molar-refractivity contribution in [2.45, 2.75) is 27.3 Å². The van der Waals surface area contributed by atoms with E-state index in [0.717, 1.165) is 22.4 Å². The highest BCUT2D eigenvalue weighted by molar-refractivity contribution is 5.83. The number of nitrogens with zero attached hydrogens (tertiary/aromatic N) is 1. The largest absolute Gasteiger partial charge is 0.338 e. The third kappa shape index (κ3) is 2.00. The molecule has 0 unspecified atom stereocenters. The van der Waals surface area contributed by atoms with Gasteiger partial charge in [-0.05, 0) is 43.5 Å². The SMILES string of the molecule is Cc1cc(C)c(-c2nc3c(CN)cccc3[nH]2)c(C)c1. The van der Waals surface area contributed by atoms with Gasteiger partial charge in [-0.15, -0.1) is 0 Å². The summed E-state index contributed by atoms with van der Waals surface area (Å²) in [4.78, 5) is 8.19. The maximum Gasteiger partial charge on any atom is 0.139 e. The van der Waals surface area contributed by atoms with Gasteiger partial charge in [0.25, 0.3) is 0 Å². The number of hydrogen-bond donors (Lipinski definition) is 2. The van der Waals surface area contributed by atoms with Crippen LogP contribution in [0.1, 0.15) is 22.3 Å². The lowest BCUT2D eigenvalue weighted by atomic mass is 9.99. The van der Waals surface area contributed by atoms with Crippen molar-refractivity contribution in [3.05, 3.63) is 52.6 Å². The maximum atomic E-state index is 5.79. The third-order valence-corrected chi connectivity index (χ3v) is 3.73. The van der Waals surface area contributed by atoms with Crippen LogP contribution in [0, 0.1) is 20.8 Å². The van der Waals surface area contributed by atoms with Crippen molar-refractivity contribution in [1.82, 2.24) is 9.97 Å². The number of aromatic nitrogens is 2. The standard InChI is InChI=1S/C17H19N3/c1-10-7-11(2)15(12(3)8-10)17-19-14-6-4-5-13(9-18)16(14)20-17/h4-8H,9,18H2,1-3H3,(H,19,20). The molecule has 0 aliphatic rings. The number of aryl methyl sites for hydroxylation is 3. The zero-order chi connectivity index (χ0) is 14.3. The first-order chi connectivity index (χ1) is 9.60. The van der Waals surface area contributed by atoms with E-state index in [-0.39, 0.29) is 0 Å². The smallest absolute Gasteiger partial charge is 0.139 e. The van der Waals surface area contributed by atoms with Crippen LogP contribution < -0.4 is 5.73 Å². The van der Waals surface area contributed by atoms with Crippen LogP contribution in [0.5, 0.6) is 0 Å². The lowest BCUT2D eigenvalue weighted by Crippen LogP contribution is -1.96. The second-order valence-electron chi connectivity index (χ2n) is 5.38. The van der Waals surface area contributed by atoms with Crippen LogP contribution in [-0.2, 0) is 6.54 Å². The van der Waals surface area contributed by atoms with Gasteiger partial charge in [0.2, 0.25) is 0 Å². The molecule has 0 aliphatic carbocycles.